The summed E-state index contributed by atoms with van der Waals surface area (Å²) in [5.41, 5.74) is 2.67. The third-order valence-electron chi connectivity index (χ3n) is 5.50. The second kappa shape index (κ2) is 8.44. The summed E-state index contributed by atoms with van der Waals surface area (Å²) in [7, 11) is 1.54. The smallest absolute Gasteiger partial charge is 0.270 e. The van der Waals surface area contributed by atoms with Crippen LogP contribution in [0.5, 0.6) is 0 Å². The fourth-order valence-electron chi connectivity index (χ4n) is 3.86. The first-order valence-corrected chi connectivity index (χ1v) is 10.1. The van der Waals surface area contributed by atoms with Gasteiger partial charge in [-0.3, -0.25) is 14.4 Å². The van der Waals surface area contributed by atoms with E-state index in [-0.39, 0.29) is 30.8 Å². The Bertz CT molecular complexity index is 1080. The molecule has 3 heterocycles. The lowest BCUT2D eigenvalue weighted by Crippen LogP contribution is -2.39. The van der Waals surface area contributed by atoms with Crippen LogP contribution in [0.25, 0.3) is 10.9 Å². The van der Waals surface area contributed by atoms with Crippen LogP contribution in [-0.2, 0) is 11.3 Å². The topological polar surface area (TPSA) is 101 Å². The molecular weight excluding hydrogens is 382 g/mol. The lowest BCUT2D eigenvalue weighted by atomic mass is 10.1. The molecule has 0 spiro atoms. The fraction of sp³-hybridized carbons (Fsp3) is 0.318. The van der Waals surface area contributed by atoms with Gasteiger partial charge in [0.05, 0.1) is 5.56 Å². The molecule has 0 saturated carbocycles. The van der Waals surface area contributed by atoms with E-state index in [1.165, 1.54) is 4.90 Å². The molecular formula is C22H25N5O3. The molecule has 30 heavy (non-hydrogen) atoms. The number of rotatable bonds is 6. The second-order valence-electron chi connectivity index (χ2n) is 7.49. The lowest BCUT2D eigenvalue weighted by Gasteiger charge is -2.22. The number of hydrogen-bond acceptors (Lipinski definition) is 3. The summed E-state index contributed by atoms with van der Waals surface area (Å²) >= 11 is 0. The van der Waals surface area contributed by atoms with Crippen LogP contribution in [0.4, 0.5) is 0 Å². The van der Waals surface area contributed by atoms with Gasteiger partial charge in [-0.05, 0) is 36.6 Å². The first kappa shape index (κ1) is 19.8. The van der Waals surface area contributed by atoms with E-state index >= 15 is 0 Å². The van der Waals surface area contributed by atoms with Crippen molar-refractivity contribution in [2.24, 2.45) is 0 Å². The summed E-state index contributed by atoms with van der Waals surface area (Å²) in [4.78, 5) is 47.3. The third-order valence-corrected chi connectivity index (χ3v) is 5.50. The quantitative estimate of drug-likeness (QED) is 0.583. The van der Waals surface area contributed by atoms with Crippen LogP contribution in [0.2, 0.25) is 0 Å². The maximum absolute atomic E-state index is 13.2. The van der Waals surface area contributed by atoms with Gasteiger partial charge >= 0.3 is 0 Å². The van der Waals surface area contributed by atoms with Gasteiger partial charge in [-0.15, -0.1) is 0 Å². The summed E-state index contributed by atoms with van der Waals surface area (Å²) < 4.78 is 0. The number of likely N-dealkylation sites (N-methyl/N-ethyl adjacent to an activating group) is 1. The maximum Gasteiger partial charge on any atom is 0.270 e. The van der Waals surface area contributed by atoms with Crippen LogP contribution in [0, 0.1) is 0 Å². The van der Waals surface area contributed by atoms with Gasteiger partial charge in [-0.1, -0.05) is 12.1 Å². The lowest BCUT2D eigenvalue weighted by molar-refractivity contribution is -0.121. The zero-order valence-corrected chi connectivity index (χ0v) is 16.9. The Balaban J connectivity index is 1.57. The Morgan fingerprint density at radius 1 is 1.13 bits per heavy atom. The number of carbonyl (C=O) groups is 3. The summed E-state index contributed by atoms with van der Waals surface area (Å²) in [6.45, 7) is 1.69. The number of carbonyl (C=O) groups excluding carboxylic acids is 3. The second-order valence-corrected chi connectivity index (χ2v) is 7.49. The monoisotopic (exact) mass is 407 g/mol. The molecule has 0 bridgehead atoms. The van der Waals surface area contributed by atoms with Gasteiger partial charge in [0.2, 0.25) is 5.91 Å². The molecule has 3 N–H and O–H groups in total. The largest absolute Gasteiger partial charge is 0.361 e. The average Bonchev–Trinajstić information content (AvgIpc) is 3.53. The van der Waals surface area contributed by atoms with Crippen LogP contribution in [0.15, 0.2) is 42.7 Å². The van der Waals surface area contributed by atoms with E-state index in [4.69, 9.17) is 0 Å². The number of H-pyrrole nitrogens is 2. The normalized spacial score (nSPS) is 13.6. The van der Waals surface area contributed by atoms with Gasteiger partial charge in [0.1, 0.15) is 12.2 Å². The van der Waals surface area contributed by atoms with Crippen LogP contribution < -0.4 is 5.32 Å². The zero-order chi connectivity index (χ0) is 21.1. The van der Waals surface area contributed by atoms with E-state index in [1.54, 1.807) is 24.2 Å². The molecule has 3 aromatic rings. The Kier molecular flexibility index (Phi) is 5.56. The number of benzene rings is 1. The van der Waals surface area contributed by atoms with E-state index in [0.29, 0.717) is 11.3 Å². The van der Waals surface area contributed by atoms with E-state index in [1.807, 2.05) is 30.5 Å². The van der Waals surface area contributed by atoms with Crippen molar-refractivity contribution in [3.8, 4) is 0 Å². The Labute approximate surface area is 174 Å². The highest BCUT2D eigenvalue weighted by atomic mass is 16.2. The number of amides is 3. The van der Waals surface area contributed by atoms with Gasteiger partial charge in [0.25, 0.3) is 11.8 Å². The van der Waals surface area contributed by atoms with Crippen molar-refractivity contribution < 1.29 is 14.4 Å². The molecule has 4 rings (SSSR count). The minimum absolute atomic E-state index is 0.0727. The number of likely N-dealkylation sites (tertiary alicyclic amines) is 1. The number of aromatic nitrogens is 2. The first-order valence-electron chi connectivity index (χ1n) is 10.1. The molecule has 1 saturated heterocycles. The van der Waals surface area contributed by atoms with Crippen molar-refractivity contribution in [2.75, 3.05) is 26.7 Å². The molecule has 0 aliphatic carbocycles. The molecule has 1 fully saturated rings. The predicted octanol–water partition coefficient (Wildman–Crippen LogP) is 2.12. The van der Waals surface area contributed by atoms with E-state index in [0.717, 1.165) is 42.4 Å². The van der Waals surface area contributed by atoms with Gasteiger partial charge in [0, 0.05) is 50.0 Å². The average molecular weight is 407 g/mol. The fourth-order valence-corrected chi connectivity index (χ4v) is 3.86. The van der Waals surface area contributed by atoms with Gasteiger partial charge in [-0.2, -0.15) is 0 Å². The Hall–Kier alpha value is -3.55. The Morgan fingerprint density at radius 3 is 2.70 bits per heavy atom. The number of nitrogens with zero attached hydrogens (tertiary/aromatic N) is 2. The summed E-state index contributed by atoms with van der Waals surface area (Å²) in [5, 5.41) is 3.58. The van der Waals surface area contributed by atoms with E-state index in [2.05, 4.69) is 15.3 Å². The molecule has 156 valence electrons. The molecule has 0 radical (unpaired) electrons. The van der Waals surface area contributed by atoms with Gasteiger partial charge in [0.15, 0.2) is 0 Å². The highest BCUT2D eigenvalue weighted by molar-refractivity contribution is 6.00. The van der Waals surface area contributed by atoms with Crippen molar-refractivity contribution in [1.82, 2.24) is 25.1 Å². The molecule has 2 aromatic heterocycles. The SMILES string of the molecule is CNC(=O)CN(Cc1cccc2[nH]ccc12)C(=O)c1c[nH]c(C(=O)N2CCCC2)c1. The van der Waals surface area contributed by atoms with Crippen molar-refractivity contribution in [3.05, 3.63) is 59.5 Å². The van der Waals surface area contributed by atoms with Gasteiger partial charge < -0.3 is 25.1 Å². The summed E-state index contributed by atoms with van der Waals surface area (Å²) in [5.74, 6) is -0.655. The first-order chi connectivity index (χ1) is 14.6. The third kappa shape index (κ3) is 3.94. The number of aromatic amines is 2. The van der Waals surface area contributed by atoms with E-state index < -0.39 is 0 Å². The van der Waals surface area contributed by atoms with Crippen LogP contribution >= 0.6 is 0 Å². The molecule has 8 heteroatoms. The van der Waals surface area contributed by atoms with Gasteiger partial charge in [-0.25, -0.2) is 0 Å². The molecule has 8 nitrogen and oxygen atoms in total. The highest BCUT2D eigenvalue weighted by Gasteiger charge is 2.24. The van der Waals surface area contributed by atoms with E-state index in [9.17, 15) is 14.4 Å². The zero-order valence-electron chi connectivity index (χ0n) is 16.9. The summed E-state index contributed by atoms with van der Waals surface area (Å²) in [6, 6.07) is 9.36. The minimum atomic E-state index is -0.303. The van der Waals surface area contributed by atoms with Crippen molar-refractivity contribution >= 4 is 28.6 Å². The molecule has 1 aliphatic rings. The standard InChI is InChI=1S/C22H25N5O3/c1-23-20(28)14-27(13-15-5-4-6-18-17(15)7-8-24-18)21(29)16-11-19(25-12-16)22(30)26-9-2-3-10-26/h4-8,11-12,24-25H,2-3,9-10,13-14H2,1H3,(H,23,28). The minimum Gasteiger partial charge on any atom is -0.361 e. The highest BCUT2D eigenvalue weighted by Crippen LogP contribution is 2.21. The Morgan fingerprint density at radius 2 is 1.93 bits per heavy atom. The number of nitrogens with one attached hydrogen (secondary N) is 3. The molecule has 0 atom stereocenters. The summed E-state index contributed by atoms with van der Waals surface area (Å²) in [6.07, 6.45) is 5.40. The van der Waals surface area contributed by atoms with Crippen molar-refractivity contribution in [1.29, 1.82) is 0 Å². The molecule has 3 amide bonds. The van der Waals surface area contributed by atoms with Crippen molar-refractivity contribution in [2.45, 2.75) is 19.4 Å². The maximum atomic E-state index is 13.2. The van der Waals surface area contributed by atoms with Crippen LogP contribution in [0.3, 0.4) is 0 Å². The number of hydrogen-bond donors (Lipinski definition) is 3. The molecule has 0 unspecified atom stereocenters. The van der Waals surface area contributed by atoms with Crippen LogP contribution in [-0.4, -0.2) is 64.2 Å². The molecule has 1 aliphatic heterocycles. The van der Waals surface area contributed by atoms with Crippen LogP contribution in [0.1, 0.15) is 39.3 Å². The van der Waals surface area contributed by atoms with Crippen molar-refractivity contribution in [3.63, 3.8) is 0 Å². The predicted molar refractivity (Wildman–Crippen MR) is 113 cm³/mol. The number of fused-ring (bicyclic) bond motifs is 1. The molecule has 1 aromatic carbocycles.